The van der Waals surface area contributed by atoms with Gasteiger partial charge in [-0.15, -0.1) is 0 Å². The van der Waals surface area contributed by atoms with Gasteiger partial charge in [-0.05, 0) is 24.3 Å². The summed E-state index contributed by atoms with van der Waals surface area (Å²) in [5, 5.41) is 10.5. The standard InChI is InChI=1S/C20H17ClN2O3S/c1-23(11-19(24)25)20(27)15-10-18(14-5-3-4-6-16(14)21)22-17-9-12(26-2)7-8-13(15)17/h3-10H,11H2,1-2H3,(H,24,25). The number of fused-ring (bicyclic) bond motifs is 1. The summed E-state index contributed by atoms with van der Waals surface area (Å²) >= 11 is 11.9. The Bertz CT molecular complexity index is 1040. The average Bonchev–Trinajstić information content (AvgIpc) is 2.65. The number of carboxylic acid groups (broad SMARTS) is 1. The molecule has 1 heterocycles. The van der Waals surface area contributed by atoms with Gasteiger partial charge in [0.25, 0.3) is 0 Å². The fourth-order valence-electron chi connectivity index (χ4n) is 2.80. The molecule has 0 aliphatic rings. The minimum Gasteiger partial charge on any atom is -0.497 e. The summed E-state index contributed by atoms with van der Waals surface area (Å²) in [5.41, 5.74) is 2.83. The van der Waals surface area contributed by atoms with Gasteiger partial charge in [-0.1, -0.05) is 42.0 Å². The van der Waals surface area contributed by atoms with E-state index in [1.165, 1.54) is 4.90 Å². The number of halogens is 1. The second kappa shape index (κ2) is 7.90. The molecule has 0 aliphatic heterocycles. The molecule has 0 bridgehead atoms. The molecule has 3 rings (SSSR count). The Hall–Kier alpha value is -2.70. The minimum absolute atomic E-state index is 0.194. The van der Waals surface area contributed by atoms with Gasteiger partial charge in [0.1, 0.15) is 17.3 Å². The zero-order valence-corrected chi connectivity index (χ0v) is 16.3. The normalized spacial score (nSPS) is 10.6. The van der Waals surface area contributed by atoms with Crippen molar-refractivity contribution >= 4 is 45.7 Å². The van der Waals surface area contributed by atoms with Gasteiger partial charge in [0.15, 0.2) is 0 Å². The number of pyridine rings is 1. The molecule has 0 fully saturated rings. The Kier molecular flexibility index (Phi) is 5.58. The lowest BCUT2D eigenvalue weighted by Crippen LogP contribution is -2.31. The summed E-state index contributed by atoms with van der Waals surface area (Å²) in [7, 11) is 3.24. The molecule has 0 saturated carbocycles. The highest BCUT2D eigenvalue weighted by Crippen LogP contribution is 2.31. The van der Waals surface area contributed by atoms with E-state index in [1.54, 1.807) is 20.2 Å². The Balaban J connectivity index is 2.22. The molecule has 3 aromatic rings. The number of hydrogen-bond acceptors (Lipinski definition) is 4. The highest BCUT2D eigenvalue weighted by atomic mass is 35.5. The van der Waals surface area contributed by atoms with Crippen molar-refractivity contribution in [2.75, 3.05) is 20.7 Å². The number of nitrogens with zero attached hydrogens (tertiary/aromatic N) is 2. The highest BCUT2D eigenvalue weighted by molar-refractivity contribution is 7.80. The topological polar surface area (TPSA) is 62.7 Å². The zero-order valence-electron chi connectivity index (χ0n) is 14.8. The van der Waals surface area contributed by atoms with Crippen LogP contribution in [0.15, 0.2) is 48.5 Å². The lowest BCUT2D eigenvalue weighted by Gasteiger charge is -2.20. The van der Waals surface area contributed by atoms with Crippen LogP contribution in [-0.4, -0.2) is 46.7 Å². The number of methoxy groups -OCH3 is 1. The third-order valence-corrected chi connectivity index (χ3v) is 4.98. The first-order valence-electron chi connectivity index (χ1n) is 8.11. The SMILES string of the molecule is COc1ccc2c(C(=S)N(C)CC(=O)O)cc(-c3ccccc3Cl)nc2c1. The Morgan fingerprint density at radius 3 is 2.67 bits per heavy atom. The number of carboxylic acids is 1. The first-order chi connectivity index (χ1) is 12.9. The van der Waals surface area contributed by atoms with Crippen molar-refractivity contribution in [1.29, 1.82) is 0 Å². The van der Waals surface area contributed by atoms with E-state index in [-0.39, 0.29) is 6.54 Å². The van der Waals surface area contributed by atoms with Crippen LogP contribution in [0.25, 0.3) is 22.2 Å². The molecule has 138 valence electrons. The largest absolute Gasteiger partial charge is 0.497 e. The summed E-state index contributed by atoms with van der Waals surface area (Å²) in [6, 6.07) is 14.8. The van der Waals surface area contributed by atoms with Crippen molar-refractivity contribution in [1.82, 2.24) is 9.88 Å². The number of rotatable bonds is 5. The van der Waals surface area contributed by atoms with Crippen LogP contribution in [0.3, 0.4) is 0 Å². The van der Waals surface area contributed by atoms with Gasteiger partial charge in [0.05, 0.1) is 18.3 Å². The third-order valence-electron chi connectivity index (χ3n) is 4.12. The molecule has 1 aromatic heterocycles. The van der Waals surface area contributed by atoms with E-state index in [0.717, 1.165) is 16.5 Å². The van der Waals surface area contributed by atoms with E-state index in [9.17, 15) is 4.79 Å². The van der Waals surface area contributed by atoms with Crippen LogP contribution in [0.1, 0.15) is 5.56 Å². The molecule has 0 spiro atoms. The number of thiocarbonyl (C=S) groups is 1. The minimum atomic E-state index is -0.953. The van der Waals surface area contributed by atoms with Crippen molar-refractivity contribution in [2.24, 2.45) is 0 Å². The van der Waals surface area contributed by atoms with Gasteiger partial charge in [-0.3, -0.25) is 4.79 Å². The van der Waals surface area contributed by atoms with E-state index >= 15 is 0 Å². The van der Waals surface area contributed by atoms with Crippen LogP contribution in [0.4, 0.5) is 0 Å². The molecule has 0 atom stereocenters. The van der Waals surface area contributed by atoms with Crippen LogP contribution in [0.2, 0.25) is 5.02 Å². The van der Waals surface area contributed by atoms with E-state index in [4.69, 9.17) is 38.6 Å². The van der Waals surface area contributed by atoms with E-state index < -0.39 is 5.97 Å². The van der Waals surface area contributed by atoms with E-state index in [0.29, 0.717) is 27.0 Å². The lowest BCUT2D eigenvalue weighted by atomic mass is 10.0. The van der Waals surface area contributed by atoms with Crippen molar-refractivity contribution in [2.45, 2.75) is 0 Å². The molecule has 0 radical (unpaired) electrons. The van der Waals surface area contributed by atoms with E-state index in [2.05, 4.69) is 0 Å². The summed E-state index contributed by atoms with van der Waals surface area (Å²) in [6.45, 7) is -0.194. The molecule has 0 unspecified atom stereocenters. The van der Waals surface area contributed by atoms with Gasteiger partial charge >= 0.3 is 5.97 Å². The Morgan fingerprint density at radius 1 is 1.26 bits per heavy atom. The van der Waals surface area contributed by atoms with Crippen LogP contribution >= 0.6 is 23.8 Å². The quantitative estimate of drug-likeness (QED) is 0.646. The van der Waals surface area contributed by atoms with Gasteiger partial charge in [-0.25, -0.2) is 4.98 Å². The monoisotopic (exact) mass is 400 g/mol. The van der Waals surface area contributed by atoms with Crippen molar-refractivity contribution in [3.63, 3.8) is 0 Å². The van der Waals surface area contributed by atoms with Gasteiger partial charge < -0.3 is 14.7 Å². The number of aliphatic carboxylic acids is 1. The van der Waals surface area contributed by atoms with Gasteiger partial charge in [-0.2, -0.15) is 0 Å². The second-order valence-corrected chi connectivity index (χ2v) is 6.77. The molecular formula is C20H17ClN2O3S. The predicted molar refractivity (Wildman–Crippen MR) is 111 cm³/mol. The molecule has 2 aromatic carbocycles. The lowest BCUT2D eigenvalue weighted by molar-refractivity contribution is -0.137. The van der Waals surface area contributed by atoms with Crippen molar-refractivity contribution in [3.05, 3.63) is 59.1 Å². The number of benzene rings is 2. The van der Waals surface area contributed by atoms with Gasteiger partial charge in [0.2, 0.25) is 0 Å². The maximum Gasteiger partial charge on any atom is 0.323 e. The number of hydrogen-bond donors (Lipinski definition) is 1. The van der Waals surface area contributed by atoms with Crippen molar-refractivity contribution < 1.29 is 14.6 Å². The molecule has 7 heteroatoms. The molecular weight excluding hydrogens is 384 g/mol. The summed E-state index contributed by atoms with van der Waals surface area (Å²) < 4.78 is 5.30. The first-order valence-corrected chi connectivity index (χ1v) is 8.90. The molecule has 5 nitrogen and oxygen atoms in total. The zero-order chi connectivity index (χ0) is 19.6. The Labute approximate surface area is 167 Å². The second-order valence-electron chi connectivity index (χ2n) is 5.97. The number of likely N-dealkylation sites (N-methyl/N-ethyl adjacent to an activating group) is 1. The Morgan fingerprint density at radius 2 is 2.00 bits per heavy atom. The maximum absolute atomic E-state index is 11.1. The molecule has 0 amide bonds. The van der Waals surface area contributed by atoms with Crippen LogP contribution < -0.4 is 4.74 Å². The molecule has 0 aliphatic carbocycles. The third kappa shape index (κ3) is 4.02. The summed E-state index contributed by atoms with van der Waals surface area (Å²) in [4.78, 5) is 17.7. The fourth-order valence-corrected chi connectivity index (χ4v) is 3.27. The first kappa shape index (κ1) is 19.1. The molecule has 1 N–H and O–H groups in total. The van der Waals surface area contributed by atoms with Crippen LogP contribution in [0.5, 0.6) is 5.75 Å². The smallest absolute Gasteiger partial charge is 0.323 e. The number of aromatic nitrogens is 1. The van der Waals surface area contributed by atoms with Crippen LogP contribution in [-0.2, 0) is 4.79 Å². The number of ether oxygens (including phenoxy) is 1. The van der Waals surface area contributed by atoms with Gasteiger partial charge in [0, 0.05) is 34.6 Å². The summed E-state index contributed by atoms with van der Waals surface area (Å²) in [6.07, 6.45) is 0. The maximum atomic E-state index is 11.1. The number of carbonyl (C=O) groups is 1. The van der Waals surface area contributed by atoms with Crippen molar-refractivity contribution in [3.8, 4) is 17.0 Å². The summed E-state index contributed by atoms with van der Waals surface area (Å²) in [5.74, 6) is -0.284. The van der Waals surface area contributed by atoms with E-state index in [1.807, 2.05) is 42.5 Å². The van der Waals surface area contributed by atoms with Crippen LogP contribution in [0, 0.1) is 0 Å². The highest BCUT2D eigenvalue weighted by Gasteiger charge is 2.17. The fraction of sp³-hybridized carbons (Fsp3) is 0.150. The molecule has 0 saturated heterocycles. The average molecular weight is 401 g/mol. The predicted octanol–water partition coefficient (Wildman–Crippen LogP) is 4.26. The molecule has 27 heavy (non-hydrogen) atoms.